The van der Waals surface area contributed by atoms with Crippen LogP contribution in [0.1, 0.15) is 5.69 Å². The van der Waals surface area contributed by atoms with Crippen LogP contribution in [-0.4, -0.2) is 17.7 Å². The number of hydrogen-bond donors (Lipinski definition) is 1. The minimum atomic E-state index is -0.456. The van der Waals surface area contributed by atoms with E-state index in [4.69, 9.17) is 0 Å². The summed E-state index contributed by atoms with van der Waals surface area (Å²) in [5, 5.41) is 2.60. The molecular weight excluding hydrogens is 226 g/mol. The Morgan fingerprint density at radius 2 is 1.94 bits per heavy atom. The lowest BCUT2D eigenvalue weighted by molar-refractivity contribution is 0.260. The van der Waals surface area contributed by atoms with E-state index in [2.05, 4.69) is 22.0 Å². The Kier molecular flexibility index (Phi) is 3.48. The summed E-state index contributed by atoms with van der Waals surface area (Å²) in [4.78, 5) is 18.5. The number of amides is 2. The molecule has 0 saturated carbocycles. The normalized spacial score (nSPS) is 9.83. The van der Waals surface area contributed by atoms with Gasteiger partial charge in [0.05, 0.1) is 0 Å². The molecule has 4 nitrogen and oxygen atoms in total. The quantitative estimate of drug-likeness (QED) is 0.817. The zero-order valence-corrected chi connectivity index (χ0v) is 10.1. The van der Waals surface area contributed by atoms with Gasteiger partial charge in [-0.2, -0.15) is 0 Å². The highest BCUT2D eigenvalue weighted by Gasteiger charge is 2.00. The number of aromatic nitrogens is 1. The number of pyridine rings is 1. The molecule has 1 aromatic heterocycles. The molecule has 1 aromatic carbocycles. The first-order valence-corrected chi connectivity index (χ1v) is 5.50. The Bertz CT molecular complexity index is 576. The molecule has 0 aliphatic rings. The Hall–Kier alpha value is -2.49. The van der Waals surface area contributed by atoms with E-state index in [1.54, 1.807) is 6.20 Å². The molecule has 0 radical (unpaired) electrons. The van der Waals surface area contributed by atoms with Gasteiger partial charge in [0.25, 0.3) is 0 Å². The highest BCUT2D eigenvalue weighted by molar-refractivity contribution is 5.92. The second-order valence-corrected chi connectivity index (χ2v) is 3.85. The molecule has 0 fully saturated rings. The summed E-state index contributed by atoms with van der Waals surface area (Å²) >= 11 is 0. The number of nitrogens with zero attached hydrogens (tertiary/aromatic N) is 2. The molecular formula is C14H13N3O. The predicted octanol–water partition coefficient (Wildman–Crippen LogP) is 3.29. The summed E-state index contributed by atoms with van der Waals surface area (Å²) in [7, 11) is 0. The molecule has 2 rings (SSSR count). The summed E-state index contributed by atoms with van der Waals surface area (Å²) in [6.07, 6.45) is 1.78. The van der Waals surface area contributed by atoms with Crippen molar-refractivity contribution in [3.05, 3.63) is 48.3 Å². The van der Waals surface area contributed by atoms with Crippen LogP contribution in [0.4, 0.5) is 10.5 Å². The topological polar surface area (TPSA) is 54.4 Å². The molecule has 18 heavy (non-hydrogen) atoms. The van der Waals surface area contributed by atoms with E-state index in [0.717, 1.165) is 16.8 Å². The lowest BCUT2D eigenvalue weighted by atomic mass is 10.1. The van der Waals surface area contributed by atoms with Crippen LogP contribution in [0.3, 0.4) is 0 Å². The van der Waals surface area contributed by atoms with Crippen molar-refractivity contribution in [1.29, 1.82) is 0 Å². The number of aryl methyl sites for hydroxylation is 1. The maximum absolute atomic E-state index is 11.0. The third-order valence-corrected chi connectivity index (χ3v) is 2.51. The Balaban J connectivity index is 2.22. The molecule has 1 heterocycles. The van der Waals surface area contributed by atoms with E-state index in [1.807, 2.05) is 43.3 Å². The van der Waals surface area contributed by atoms with Crippen LogP contribution in [0, 0.1) is 6.92 Å². The highest BCUT2D eigenvalue weighted by atomic mass is 16.2. The van der Waals surface area contributed by atoms with E-state index in [1.165, 1.54) is 0 Å². The summed E-state index contributed by atoms with van der Waals surface area (Å²) in [6, 6.07) is 11.0. The first-order chi connectivity index (χ1) is 8.69. The largest absolute Gasteiger partial charge is 0.344 e. The fraction of sp³-hybridized carbons (Fsp3) is 0.0714. The summed E-state index contributed by atoms with van der Waals surface area (Å²) in [5.74, 6) is 0. The van der Waals surface area contributed by atoms with Crippen LogP contribution >= 0.6 is 0 Å². The third kappa shape index (κ3) is 2.79. The van der Waals surface area contributed by atoms with Gasteiger partial charge < -0.3 is 5.32 Å². The zero-order valence-electron chi connectivity index (χ0n) is 10.1. The van der Waals surface area contributed by atoms with Crippen molar-refractivity contribution >= 4 is 18.4 Å². The molecule has 4 heteroatoms. The Labute approximate surface area is 105 Å². The van der Waals surface area contributed by atoms with Crippen LogP contribution in [-0.2, 0) is 0 Å². The van der Waals surface area contributed by atoms with E-state index in [0.29, 0.717) is 5.69 Å². The van der Waals surface area contributed by atoms with E-state index in [9.17, 15) is 4.79 Å². The van der Waals surface area contributed by atoms with Gasteiger partial charge >= 0.3 is 6.03 Å². The number of anilines is 1. The van der Waals surface area contributed by atoms with Gasteiger partial charge in [-0.1, -0.05) is 12.1 Å². The summed E-state index contributed by atoms with van der Waals surface area (Å²) in [5.41, 5.74) is 3.84. The zero-order chi connectivity index (χ0) is 13.0. The number of nitrogens with one attached hydrogen (secondary N) is 1. The molecule has 2 amide bonds. The van der Waals surface area contributed by atoms with Gasteiger partial charge in [-0.15, -0.1) is 0 Å². The maximum Gasteiger partial charge on any atom is 0.344 e. The van der Waals surface area contributed by atoms with Crippen LogP contribution < -0.4 is 5.32 Å². The average Bonchev–Trinajstić information content (AvgIpc) is 2.39. The molecule has 90 valence electrons. The standard InChI is InChI=1S/C14H13N3O/c1-10-9-12(7-8-16-10)11-3-5-13(6-4-11)17-14(18)15-2/h3-9H,2H2,1H3,(H,17,18). The fourth-order valence-electron chi connectivity index (χ4n) is 1.63. The van der Waals surface area contributed by atoms with Crippen molar-refractivity contribution in [3.8, 4) is 11.1 Å². The van der Waals surface area contributed by atoms with Gasteiger partial charge in [-0.3, -0.25) is 4.98 Å². The number of urea groups is 1. The molecule has 1 N–H and O–H groups in total. The fourth-order valence-corrected chi connectivity index (χ4v) is 1.63. The predicted molar refractivity (Wildman–Crippen MR) is 73.0 cm³/mol. The summed E-state index contributed by atoms with van der Waals surface area (Å²) < 4.78 is 0. The van der Waals surface area contributed by atoms with E-state index < -0.39 is 6.03 Å². The van der Waals surface area contributed by atoms with Crippen molar-refractivity contribution in [2.75, 3.05) is 5.32 Å². The molecule has 0 aliphatic heterocycles. The lowest BCUT2D eigenvalue weighted by Gasteiger charge is -2.05. The van der Waals surface area contributed by atoms with Gasteiger partial charge in [0.2, 0.25) is 0 Å². The Morgan fingerprint density at radius 1 is 1.22 bits per heavy atom. The lowest BCUT2D eigenvalue weighted by Crippen LogP contribution is -2.04. The minimum Gasteiger partial charge on any atom is -0.306 e. The van der Waals surface area contributed by atoms with Gasteiger partial charge in [0.15, 0.2) is 0 Å². The number of aliphatic imine (C=N–C) groups is 1. The van der Waals surface area contributed by atoms with Crippen molar-refractivity contribution in [3.63, 3.8) is 0 Å². The molecule has 2 aromatic rings. The van der Waals surface area contributed by atoms with Gasteiger partial charge in [0.1, 0.15) is 0 Å². The van der Waals surface area contributed by atoms with Crippen molar-refractivity contribution in [2.45, 2.75) is 6.92 Å². The molecule has 0 aliphatic carbocycles. The molecule has 0 spiro atoms. The number of hydrogen-bond acceptors (Lipinski definition) is 2. The number of rotatable bonds is 2. The average molecular weight is 239 g/mol. The van der Waals surface area contributed by atoms with E-state index >= 15 is 0 Å². The molecule has 0 atom stereocenters. The first kappa shape index (κ1) is 12.0. The summed E-state index contributed by atoms with van der Waals surface area (Å²) in [6.45, 7) is 5.11. The van der Waals surface area contributed by atoms with Gasteiger partial charge in [-0.25, -0.2) is 9.79 Å². The smallest absolute Gasteiger partial charge is 0.306 e. The number of benzene rings is 1. The van der Waals surface area contributed by atoms with Crippen LogP contribution in [0.25, 0.3) is 11.1 Å². The van der Waals surface area contributed by atoms with E-state index in [-0.39, 0.29) is 0 Å². The second kappa shape index (κ2) is 5.23. The second-order valence-electron chi connectivity index (χ2n) is 3.85. The van der Waals surface area contributed by atoms with Gasteiger partial charge in [0, 0.05) is 17.6 Å². The minimum absolute atomic E-state index is 0.456. The maximum atomic E-state index is 11.0. The van der Waals surface area contributed by atoms with Gasteiger partial charge in [-0.05, 0) is 49.0 Å². The van der Waals surface area contributed by atoms with Crippen LogP contribution in [0.15, 0.2) is 47.6 Å². The number of carbonyl (C=O) groups is 1. The number of carbonyl (C=O) groups excluding carboxylic acids is 1. The molecule has 0 saturated heterocycles. The molecule has 0 bridgehead atoms. The van der Waals surface area contributed by atoms with Crippen molar-refractivity contribution < 1.29 is 4.79 Å². The SMILES string of the molecule is C=NC(=O)Nc1ccc(-c2ccnc(C)c2)cc1. The first-order valence-electron chi connectivity index (χ1n) is 5.50. The van der Waals surface area contributed by atoms with Crippen LogP contribution in [0.2, 0.25) is 0 Å². The third-order valence-electron chi connectivity index (χ3n) is 2.51. The van der Waals surface area contributed by atoms with Crippen molar-refractivity contribution in [1.82, 2.24) is 4.98 Å². The highest BCUT2D eigenvalue weighted by Crippen LogP contribution is 2.21. The molecule has 0 unspecified atom stereocenters. The van der Waals surface area contributed by atoms with Crippen molar-refractivity contribution in [2.24, 2.45) is 4.99 Å². The van der Waals surface area contributed by atoms with Crippen LogP contribution in [0.5, 0.6) is 0 Å². The monoisotopic (exact) mass is 239 g/mol. The Morgan fingerprint density at radius 3 is 2.56 bits per heavy atom.